The molecular formula is C17H25Cl2N5OS. The van der Waals surface area contributed by atoms with Gasteiger partial charge < -0.3 is 15.5 Å². The van der Waals surface area contributed by atoms with Crippen LogP contribution in [-0.4, -0.2) is 53.0 Å². The minimum Gasteiger partial charge on any atom is -0.352 e. The van der Waals surface area contributed by atoms with Crippen LogP contribution < -0.4 is 10.6 Å². The molecule has 4 rings (SSSR count). The maximum absolute atomic E-state index is 12.7. The molecule has 9 heteroatoms. The number of halogens is 2. The highest BCUT2D eigenvalue weighted by molar-refractivity contribution is 7.16. The van der Waals surface area contributed by atoms with Gasteiger partial charge in [-0.2, -0.15) is 0 Å². The topological polar surface area (TPSA) is 75.4 Å². The van der Waals surface area contributed by atoms with Crippen LogP contribution in [0.5, 0.6) is 0 Å². The maximum atomic E-state index is 12.7. The molecular weight excluding hydrogens is 393 g/mol. The highest BCUT2D eigenvalue weighted by Gasteiger charge is 2.31. The summed E-state index contributed by atoms with van der Waals surface area (Å²) in [6.45, 7) is 3.18. The summed E-state index contributed by atoms with van der Waals surface area (Å²) in [6.07, 6.45) is 5.61. The number of hydrogen-bond acceptors (Lipinski definition) is 6. The van der Waals surface area contributed by atoms with Crippen molar-refractivity contribution in [3.63, 3.8) is 0 Å². The smallest absolute Gasteiger partial charge is 0.225 e. The van der Waals surface area contributed by atoms with Gasteiger partial charge in [-0.05, 0) is 30.7 Å². The van der Waals surface area contributed by atoms with E-state index in [9.17, 15) is 4.79 Å². The fraction of sp³-hybridized carbons (Fsp3) is 0.588. The summed E-state index contributed by atoms with van der Waals surface area (Å²) in [6, 6.07) is 2.28. The summed E-state index contributed by atoms with van der Waals surface area (Å²) in [5, 5.41) is 3.16. The standard InChI is InChI=1S/C17H23N5OS.2ClH/c18-13-3-1-2-12(10-13)17(23)22-7-5-21(6-8-22)15-14-4-9-24-16(14)20-11-19-15;;/h4,9,11-13H,1-3,5-8,10,18H2;2*1H. The molecule has 0 bridgehead atoms. The van der Waals surface area contributed by atoms with Crippen LogP contribution in [-0.2, 0) is 4.79 Å². The number of carbonyl (C=O) groups excluding carboxylic acids is 1. The molecule has 2 fully saturated rings. The lowest BCUT2D eigenvalue weighted by Gasteiger charge is -2.38. The van der Waals surface area contributed by atoms with Gasteiger partial charge in [0.25, 0.3) is 0 Å². The van der Waals surface area contributed by atoms with Gasteiger partial charge in [-0.25, -0.2) is 9.97 Å². The average Bonchev–Trinajstić information content (AvgIpc) is 3.10. The van der Waals surface area contributed by atoms with Gasteiger partial charge in [0.2, 0.25) is 5.91 Å². The van der Waals surface area contributed by atoms with Crippen molar-refractivity contribution in [2.75, 3.05) is 31.1 Å². The molecule has 144 valence electrons. The first-order chi connectivity index (χ1) is 11.7. The number of fused-ring (bicyclic) bond motifs is 1. The van der Waals surface area contributed by atoms with Crippen LogP contribution in [0.3, 0.4) is 0 Å². The van der Waals surface area contributed by atoms with Crippen molar-refractivity contribution in [1.82, 2.24) is 14.9 Å². The quantitative estimate of drug-likeness (QED) is 0.812. The van der Waals surface area contributed by atoms with E-state index in [-0.39, 0.29) is 36.8 Å². The van der Waals surface area contributed by atoms with Gasteiger partial charge in [-0.3, -0.25) is 4.79 Å². The van der Waals surface area contributed by atoms with E-state index < -0.39 is 0 Å². The molecule has 2 N–H and O–H groups in total. The third-order valence-electron chi connectivity index (χ3n) is 5.20. The molecule has 0 aromatic carbocycles. The molecule has 1 amide bonds. The van der Waals surface area contributed by atoms with Crippen LogP contribution in [0.1, 0.15) is 25.7 Å². The van der Waals surface area contributed by atoms with Gasteiger partial charge in [-0.1, -0.05) is 6.42 Å². The van der Waals surface area contributed by atoms with Crippen molar-refractivity contribution in [2.45, 2.75) is 31.7 Å². The van der Waals surface area contributed by atoms with E-state index in [1.54, 1.807) is 17.7 Å². The highest BCUT2D eigenvalue weighted by Crippen LogP contribution is 2.29. The first-order valence-corrected chi connectivity index (χ1v) is 9.58. The third kappa shape index (κ3) is 4.22. The summed E-state index contributed by atoms with van der Waals surface area (Å²) in [5.74, 6) is 1.42. The summed E-state index contributed by atoms with van der Waals surface area (Å²) < 4.78 is 0. The molecule has 1 aliphatic carbocycles. The van der Waals surface area contributed by atoms with Crippen LogP contribution in [0, 0.1) is 5.92 Å². The second-order valence-corrected chi connectivity index (χ2v) is 7.67. The average molecular weight is 418 g/mol. The summed E-state index contributed by atoms with van der Waals surface area (Å²) >= 11 is 1.64. The number of hydrogen-bond donors (Lipinski definition) is 1. The predicted molar refractivity (Wildman–Crippen MR) is 111 cm³/mol. The predicted octanol–water partition coefficient (Wildman–Crippen LogP) is 2.70. The van der Waals surface area contributed by atoms with E-state index in [0.29, 0.717) is 5.91 Å². The van der Waals surface area contributed by atoms with Crippen LogP contribution in [0.4, 0.5) is 5.82 Å². The molecule has 6 nitrogen and oxygen atoms in total. The van der Waals surface area contributed by atoms with Crippen molar-refractivity contribution < 1.29 is 4.79 Å². The number of amides is 1. The zero-order chi connectivity index (χ0) is 16.5. The van der Waals surface area contributed by atoms with Gasteiger partial charge in [0.15, 0.2) is 0 Å². The lowest BCUT2D eigenvalue weighted by molar-refractivity contribution is -0.137. The fourth-order valence-corrected chi connectivity index (χ4v) is 4.61. The summed E-state index contributed by atoms with van der Waals surface area (Å²) in [4.78, 5) is 26.8. The van der Waals surface area contributed by atoms with Gasteiger partial charge in [-0.15, -0.1) is 36.2 Å². The van der Waals surface area contributed by atoms with Gasteiger partial charge in [0.1, 0.15) is 17.0 Å². The summed E-state index contributed by atoms with van der Waals surface area (Å²) in [7, 11) is 0. The SMILES string of the molecule is Cl.Cl.NC1CCCC(C(=O)N2CCN(c3ncnc4sccc34)CC2)C1. The highest BCUT2D eigenvalue weighted by atomic mass is 35.5. The molecule has 2 atom stereocenters. The van der Waals surface area contributed by atoms with Crippen LogP contribution >= 0.6 is 36.2 Å². The molecule has 2 unspecified atom stereocenters. The largest absolute Gasteiger partial charge is 0.352 e. The number of carbonyl (C=O) groups is 1. The molecule has 2 aliphatic rings. The normalized spacial score (nSPS) is 23.3. The van der Waals surface area contributed by atoms with E-state index in [2.05, 4.69) is 26.3 Å². The van der Waals surface area contributed by atoms with Crippen LogP contribution in [0.25, 0.3) is 10.2 Å². The minimum atomic E-state index is 0. The van der Waals surface area contributed by atoms with Crippen LogP contribution in [0.15, 0.2) is 17.8 Å². The maximum Gasteiger partial charge on any atom is 0.225 e. The van der Waals surface area contributed by atoms with E-state index in [1.165, 1.54) is 0 Å². The Labute approximate surface area is 170 Å². The lowest BCUT2D eigenvalue weighted by atomic mass is 9.85. The Morgan fingerprint density at radius 2 is 1.92 bits per heavy atom. The first-order valence-electron chi connectivity index (χ1n) is 8.70. The second-order valence-electron chi connectivity index (χ2n) is 6.77. The van der Waals surface area contributed by atoms with Gasteiger partial charge >= 0.3 is 0 Å². The van der Waals surface area contributed by atoms with E-state index in [0.717, 1.165) is 67.9 Å². The molecule has 1 saturated carbocycles. The zero-order valence-electron chi connectivity index (χ0n) is 14.5. The molecule has 2 aromatic heterocycles. The van der Waals surface area contributed by atoms with Crippen molar-refractivity contribution in [2.24, 2.45) is 11.7 Å². The number of rotatable bonds is 2. The number of piperazine rings is 1. The first kappa shape index (κ1) is 21.2. The number of aromatic nitrogens is 2. The Bertz CT molecular complexity index is 735. The Kier molecular flexibility index (Phi) is 7.46. The monoisotopic (exact) mass is 417 g/mol. The molecule has 3 heterocycles. The lowest BCUT2D eigenvalue weighted by Crippen LogP contribution is -2.51. The van der Waals surface area contributed by atoms with Crippen molar-refractivity contribution in [3.8, 4) is 0 Å². The minimum absolute atomic E-state index is 0. The fourth-order valence-electron chi connectivity index (χ4n) is 3.88. The van der Waals surface area contributed by atoms with Gasteiger partial charge in [0.05, 0.1) is 5.39 Å². The van der Waals surface area contributed by atoms with Crippen molar-refractivity contribution in [3.05, 3.63) is 17.8 Å². The summed E-state index contributed by atoms with van der Waals surface area (Å²) in [5.41, 5.74) is 6.04. The number of thiophene rings is 1. The number of nitrogens with two attached hydrogens (primary N) is 1. The second kappa shape index (κ2) is 9.17. The molecule has 1 aliphatic heterocycles. The van der Waals surface area contributed by atoms with Crippen LogP contribution in [0.2, 0.25) is 0 Å². The zero-order valence-corrected chi connectivity index (χ0v) is 17.0. The third-order valence-corrected chi connectivity index (χ3v) is 6.02. The van der Waals surface area contributed by atoms with E-state index >= 15 is 0 Å². The molecule has 1 saturated heterocycles. The van der Waals surface area contributed by atoms with E-state index in [4.69, 9.17) is 5.73 Å². The molecule has 0 radical (unpaired) electrons. The Balaban J connectivity index is 0.00000121. The molecule has 2 aromatic rings. The van der Waals surface area contributed by atoms with Crippen molar-refractivity contribution >= 4 is 58.1 Å². The molecule has 26 heavy (non-hydrogen) atoms. The molecule has 0 spiro atoms. The Morgan fingerprint density at radius 3 is 2.65 bits per heavy atom. The van der Waals surface area contributed by atoms with Gasteiger partial charge in [0, 0.05) is 38.1 Å². The number of nitrogens with zero attached hydrogens (tertiary/aromatic N) is 4. The Hall–Kier alpha value is -1.15. The number of anilines is 1. The Morgan fingerprint density at radius 1 is 1.15 bits per heavy atom. The van der Waals surface area contributed by atoms with E-state index in [1.807, 2.05) is 4.90 Å². The van der Waals surface area contributed by atoms with Crippen molar-refractivity contribution in [1.29, 1.82) is 0 Å².